The van der Waals surface area contributed by atoms with Crippen LogP contribution in [0.15, 0.2) is 6.20 Å². The molecule has 0 aliphatic heterocycles. The zero-order chi connectivity index (χ0) is 14.1. The summed E-state index contributed by atoms with van der Waals surface area (Å²) >= 11 is 0. The molecule has 0 bridgehead atoms. The van der Waals surface area contributed by atoms with Crippen LogP contribution in [-0.4, -0.2) is 14.6 Å². The summed E-state index contributed by atoms with van der Waals surface area (Å²) in [7, 11) is 0. The fourth-order valence-corrected chi connectivity index (χ4v) is 1.56. The Morgan fingerprint density at radius 3 is 2.17 bits per heavy atom. The van der Waals surface area contributed by atoms with Gasteiger partial charge in [-0.05, 0) is 6.92 Å². The van der Waals surface area contributed by atoms with Crippen LogP contribution in [-0.2, 0) is 5.41 Å². The molecule has 3 nitrogen and oxygen atoms in total. The average molecular weight is 255 g/mol. The molecule has 0 unspecified atom stereocenters. The summed E-state index contributed by atoms with van der Waals surface area (Å²) in [6.45, 7) is 11.1. The van der Waals surface area contributed by atoms with Crippen molar-refractivity contribution in [3.63, 3.8) is 0 Å². The first-order chi connectivity index (χ1) is 8.32. The number of rotatable bonds is 0. The summed E-state index contributed by atoms with van der Waals surface area (Å²) in [5.41, 5.74) is -0.266. The molecule has 2 aromatic rings. The first kappa shape index (κ1) is 14.5. The molecule has 18 heavy (non-hydrogen) atoms. The summed E-state index contributed by atoms with van der Waals surface area (Å²) < 4.78 is 28.5. The van der Waals surface area contributed by atoms with Crippen LogP contribution in [0.1, 0.15) is 46.0 Å². The summed E-state index contributed by atoms with van der Waals surface area (Å²) in [6, 6.07) is 0. The van der Waals surface area contributed by atoms with Crippen molar-refractivity contribution in [2.75, 3.05) is 0 Å². The Kier molecular flexibility index (Phi) is 4.04. The minimum absolute atomic E-state index is 0.0274. The highest BCUT2D eigenvalue weighted by Gasteiger charge is 2.23. The highest BCUT2D eigenvalue weighted by atomic mass is 19.1. The molecule has 0 atom stereocenters. The minimum atomic E-state index is -0.650. The van der Waals surface area contributed by atoms with E-state index in [-0.39, 0.29) is 16.6 Å². The lowest BCUT2D eigenvalue weighted by molar-refractivity contribution is 0.526. The molecule has 0 spiro atoms. The van der Waals surface area contributed by atoms with Crippen molar-refractivity contribution >= 4 is 5.65 Å². The Balaban J connectivity index is 0.000000771. The van der Waals surface area contributed by atoms with Crippen molar-refractivity contribution in [3.05, 3.63) is 29.2 Å². The molecule has 0 aromatic carbocycles. The Labute approximate surface area is 106 Å². The maximum absolute atomic E-state index is 13.7. The third-order valence-electron chi connectivity index (χ3n) is 2.49. The fourth-order valence-electron chi connectivity index (χ4n) is 1.56. The first-order valence-corrected chi connectivity index (χ1v) is 6.02. The number of pyridine rings is 1. The predicted molar refractivity (Wildman–Crippen MR) is 67.7 cm³/mol. The van der Waals surface area contributed by atoms with E-state index in [4.69, 9.17) is 0 Å². The van der Waals surface area contributed by atoms with Gasteiger partial charge in [0.2, 0.25) is 0 Å². The molecule has 0 N–H and O–H groups in total. The van der Waals surface area contributed by atoms with Gasteiger partial charge >= 0.3 is 0 Å². The van der Waals surface area contributed by atoms with E-state index in [1.54, 1.807) is 0 Å². The lowest BCUT2D eigenvalue weighted by Crippen LogP contribution is -2.16. The van der Waals surface area contributed by atoms with E-state index >= 15 is 0 Å². The van der Waals surface area contributed by atoms with Crippen molar-refractivity contribution in [2.24, 2.45) is 0 Å². The van der Waals surface area contributed by atoms with Crippen molar-refractivity contribution < 1.29 is 8.78 Å². The van der Waals surface area contributed by atoms with Gasteiger partial charge in [0, 0.05) is 17.2 Å². The van der Waals surface area contributed by atoms with Gasteiger partial charge in [-0.15, -0.1) is 10.2 Å². The minimum Gasteiger partial charge on any atom is -0.281 e. The first-order valence-electron chi connectivity index (χ1n) is 6.02. The molecule has 0 saturated heterocycles. The van der Waals surface area contributed by atoms with Crippen molar-refractivity contribution in [1.29, 1.82) is 0 Å². The van der Waals surface area contributed by atoms with Crippen LogP contribution in [0.4, 0.5) is 8.78 Å². The van der Waals surface area contributed by atoms with Gasteiger partial charge in [-0.3, -0.25) is 4.40 Å². The third kappa shape index (κ3) is 2.35. The number of fused-ring (bicyclic) bond motifs is 1. The van der Waals surface area contributed by atoms with Gasteiger partial charge < -0.3 is 0 Å². The van der Waals surface area contributed by atoms with Gasteiger partial charge in [0.05, 0.1) is 0 Å². The van der Waals surface area contributed by atoms with Crippen LogP contribution >= 0.6 is 0 Å². The highest BCUT2D eigenvalue weighted by Crippen LogP contribution is 2.23. The predicted octanol–water partition coefficient (Wildman–Crippen LogP) is 3.64. The van der Waals surface area contributed by atoms with Crippen molar-refractivity contribution in [2.45, 2.75) is 47.0 Å². The summed E-state index contributed by atoms with van der Waals surface area (Å²) in [5, 5.41) is 7.67. The monoisotopic (exact) mass is 255 g/mol. The Hall–Kier alpha value is -1.52. The van der Waals surface area contributed by atoms with E-state index in [9.17, 15) is 8.78 Å². The van der Waals surface area contributed by atoms with E-state index in [1.165, 1.54) is 17.5 Å². The van der Waals surface area contributed by atoms with Crippen LogP contribution in [0.25, 0.3) is 5.65 Å². The SMILES string of the molecule is CC.Cc1c(F)cn2c(C(C)(C)C)nnc2c1F. The summed E-state index contributed by atoms with van der Waals surface area (Å²) in [6.07, 6.45) is 1.23. The lowest BCUT2D eigenvalue weighted by atomic mass is 9.96. The number of nitrogens with zero attached hydrogens (tertiary/aromatic N) is 3. The van der Waals surface area contributed by atoms with Gasteiger partial charge in [-0.2, -0.15) is 0 Å². The van der Waals surface area contributed by atoms with E-state index in [2.05, 4.69) is 10.2 Å². The van der Waals surface area contributed by atoms with Crippen LogP contribution in [0, 0.1) is 18.6 Å². The highest BCUT2D eigenvalue weighted by molar-refractivity contribution is 5.44. The molecule has 100 valence electrons. The smallest absolute Gasteiger partial charge is 0.197 e. The van der Waals surface area contributed by atoms with E-state index < -0.39 is 11.6 Å². The topological polar surface area (TPSA) is 30.2 Å². The fraction of sp³-hybridized carbons (Fsp3) is 0.538. The summed E-state index contributed by atoms with van der Waals surface area (Å²) in [4.78, 5) is 0. The zero-order valence-electron chi connectivity index (χ0n) is 11.7. The van der Waals surface area contributed by atoms with Gasteiger partial charge in [-0.25, -0.2) is 8.78 Å². The molecule has 0 fully saturated rings. The van der Waals surface area contributed by atoms with Gasteiger partial charge in [0.25, 0.3) is 0 Å². The second kappa shape index (κ2) is 5.00. The number of aromatic nitrogens is 3. The molecule has 0 aliphatic carbocycles. The molecule has 0 radical (unpaired) electrons. The quantitative estimate of drug-likeness (QED) is 0.719. The molecule has 0 saturated carbocycles. The second-order valence-electron chi connectivity index (χ2n) is 4.88. The van der Waals surface area contributed by atoms with E-state index in [0.717, 1.165) is 0 Å². The summed E-state index contributed by atoms with van der Waals surface area (Å²) in [5.74, 6) is -0.696. The van der Waals surface area contributed by atoms with Gasteiger partial charge in [0.15, 0.2) is 11.5 Å². The second-order valence-corrected chi connectivity index (χ2v) is 4.88. The van der Waals surface area contributed by atoms with Crippen molar-refractivity contribution in [1.82, 2.24) is 14.6 Å². The largest absolute Gasteiger partial charge is 0.281 e. The van der Waals surface area contributed by atoms with Crippen LogP contribution in [0.3, 0.4) is 0 Å². The van der Waals surface area contributed by atoms with Gasteiger partial charge in [0.1, 0.15) is 11.6 Å². The lowest BCUT2D eigenvalue weighted by Gasteiger charge is -2.15. The van der Waals surface area contributed by atoms with Crippen LogP contribution in [0.2, 0.25) is 0 Å². The Morgan fingerprint density at radius 1 is 1.11 bits per heavy atom. The zero-order valence-corrected chi connectivity index (χ0v) is 11.7. The van der Waals surface area contributed by atoms with Crippen molar-refractivity contribution in [3.8, 4) is 0 Å². The number of halogens is 2. The molecule has 0 aliphatic rings. The van der Waals surface area contributed by atoms with E-state index in [1.807, 2.05) is 34.6 Å². The molecule has 2 heterocycles. The molecular weight excluding hydrogens is 236 g/mol. The van der Waals surface area contributed by atoms with Gasteiger partial charge in [-0.1, -0.05) is 34.6 Å². The Morgan fingerprint density at radius 2 is 1.67 bits per heavy atom. The standard InChI is InChI=1S/C11H13F2N3.C2H6/c1-6-7(12)5-16-9(8(6)13)14-15-10(16)11(2,3)4;1-2/h5H,1-4H3;1-2H3. The average Bonchev–Trinajstić information content (AvgIpc) is 2.72. The normalized spacial score (nSPS) is 11.3. The Bertz CT molecular complexity index is 553. The number of hydrogen-bond donors (Lipinski definition) is 0. The van der Waals surface area contributed by atoms with E-state index in [0.29, 0.717) is 5.82 Å². The van der Waals surface area contributed by atoms with Crippen LogP contribution < -0.4 is 0 Å². The van der Waals surface area contributed by atoms with Crippen LogP contribution in [0.5, 0.6) is 0 Å². The third-order valence-corrected chi connectivity index (χ3v) is 2.49. The molecule has 2 rings (SSSR count). The maximum atomic E-state index is 13.7. The molecule has 0 amide bonds. The number of hydrogen-bond acceptors (Lipinski definition) is 2. The molecule has 2 aromatic heterocycles. The molecular formula is C13H19F2N3. The maximum Gasteiger partial charge on any atom is 0.197 e. The molecule has 5 heteroatoms.